The fourth-order valence-corrected chi connectivity index (χ4v) is 1.71. The molecule has 1 rings (SSSR count). The molecule has 0 aliphatic carbocycles. The van der Waals surface area contributed by atoms with Crippen LogP contribution in [0.25, 0.3) is 0 Å². The zero-order chi connectivity index (χ0) is 11.8. The van der Waals surface area contributed by atoms with E-state index in [2.05, 4.69) is 0 Å². The molecule has 1 aliphatic heterocycles. The molecule has 4 heteroatoms. The number of likely N-dealkylation sites (tertiary alicyclic amines) is 1. The predicted molar refractivity (Wildman–Crippen MR) is 58.3 cm³/mol. The molecule has 0 radical (unpaired) electrons. The van der Waals surface area contributed by atoms with Gasteiger partial charge in [0.25, 0.3) is 0 Å². The molecule has 4 nitrogen and oxygen atoms in total. The largest absolute Gasteiger partial charge is 0.298 e. The van der Waals surface area contributed by atoms with Crippen molar-refractivity contribution in [3.8, 4) is 0 Å². The molecule has 0 aromatic heterocycles. The number of hydrogen-bond donors (Lipinski definition) is 0. The van der Waals surface area contributed by atoms with Gasteiger partial charge in [0.2, 0.25) is 11.8 Å². The zero-order valence-corrected chi connectivity index (χ0v) is 10.2. The fraction of sp³-hybridized carbons (Fsp3) is 0.818. The van der Waals surface area contributed by atoms with Gasteiger partial charge in [-0.1, -0.05) is 20.8 Å². The molecule has 0 N–H and O–H groups in total. The van der Waals surface area contributed by atoms with E-state index in [1.54, 1.807) is 0 Å². The lowest BCUT2D eigenvalue weighted by atomic mass is 9.96. The Bertz CT molecular complexity index is 279. The Hall–Kier alpha value is -0.900. The van der Waals surface area contributed by atoms with Crippen molar-refractivity contribution in [3.05, 3.63) is 0 Å². The minimum atomic E-state index is -0.264. The summed E-state index contributed by atoms with van der Waals surface area (Å²) < 4.78 is 0. The smallest absolute Gasteiger partial charge is 0.247 e. The van der Waals surface area contributed by atoms with Crippen LogP contribution in [0, 0.1) is 5.41 Å². The van der Waals surface area contributed by atoms with E-state index in [0.717, 1.165) is 0 Å². The maximum atomic E-state index is 11.9. The molecule has 1 fully saturated rings. The number of imide groups is 1. The molecule has 0 aromatic rings. The number of carbonyl (C=O) groups is 2. The average Bonchev–Trinajstić information content (AvgIpc) is 2.29. The van der Waals surface area contributed by atoms with E-state index in [0.29, 0.717) is 13.0 Å². The van der Waals surface area contributed by atoms with Crippen LogP contribution in [0.15, 0.2) is 0 Å². The SMILES string of the molecule is CN(C)[C@H]1CC(=O)N(CC(C)(C)C)C1=O. The standard InChI is InChI=1S/C11H20N2O2/c1-11(2,3)7-13-9(14)6-8(10(13)15)12(4)5/h8H,6-7H2,1-5H3/t8-/m0/s1. The highest BCUT2D eigenvalue weighted by Crippen LogP contribution is 2.22. The van der Waals surface area contributed by atoms with Crippen molar-refractivity contribution in [3.63, 3.8) is 0 Å². The van der Waals surface area contributed by atoms with Gasteiger partial charge in [-0.15, -0.1) is 0 Å². The molecule has 0 spiro atoms. The van der Waals surface area contributed by atoms with Gasteiger partial charge in [-0.2, -0.15) is 0 Å². The number of likely N-dealkylation sites (N-methyl/N-ethyl adjacent to an activating group) is 1. The van der Waals surface area contributed by atoms with E-state index in [-0.39, 0.29) is 23.3 Å². The van der Waals surface area contributed by atoms with Gasteiger partial charge in [-0.05, 0) is 19.5 Å². The number of amides is 2. The van der Waals surface area contributed by atoms with Crippen molar-refractivity contribution in [1.82, 2.24) is 9.80 Å². The van der Waals surface area contributed by atoms with Crippen LogP contribution in [-0.4, -0.2) is 48.3 Å². The third-order valence-electron chi connectivity index (χ3n) is 2.48. The summed E-state index contributed by atoms with van der Waals surface area (Å²) in [6, 6.07) is -0.264. The van der Waals surface area contributed by atoms with E-state index in [9.17, 15) is 9.59 Å². The van der Waals surface area contributed by atoms with E-state index in [1.807, 2.05) is 39.8 Å². The summed E-state index contributed by atoms with van der Waals surface area (Å²) in [5, 5.41) is 0. The summed E-state index contributed by atoms with van der Waals surface area (Å²) in [6.07, 6.45) is 0.321. The first-order valence-corrected chi connectivity index (χ1v) is 5.23. The Morgan fingerprint density at radius 3 is 2.20 bits per heavy atom. The molecule has 1 aliphatic rings. The fourth-order valence-electron chi connectivity index (χ4n) is 1.71. The third kappa shape index (κ3) is 2.78. The lowest BCUT2D eigenvalue weighted by Gasteiger charge is -2.25. The summed E-state index contributed by atoms with van der Waals surface area (Å²) in [5.74, 6) is -0.103. The van der Waals surface area contributed by atoms with Gasteiger partial charge in [0.1, 0.15) is 0 Å². The highest BCUT2D eigenvalue weighted by molar-refractivity contribution is 6.05. The van der Waals surface area contributed by atoms with Crippen LogP contribution in [0.3, 0.4) is 0 Å². The second-order valence-electron chi connectivity index (χ2n) is 5.56. The van der Waals surface area contributed by atoms with Crippen molar-refractivity contribution >= 4 is 11.8 Å². The molecular weight excluding hydrogens is 192 g/mol. The first-order chi connectivity index (χ1) is 6.72. The Kier molecular flexibility index (Phi) is 3.19. The number of nitrogens with zero attached hydrogens (tertiary/aromatic N) is 2. The number of hydrogen-bond acceptors (Lipinski definition) is 3. The van der Waals surface area contributed by atoms with Crippen LogP contribution >= 0.6 is 0 Å². The first-order valence-electron chi connectivity index (χ1n) is 5.23. The minimum Gasteiger partial charge on any atom is -0.298 e. The Morgan fingerprint density at radius 1 is 1.33 bits per heavy atom. The van der Waals surface area contributed by atoms with Crippen molar-refractivity contribution in [2.75, 3.05) is 20.6 Å². The first kappa shape index (κ1) is 12.2. The molecule has 0 aromatic carbocycles. The van der Waals surface area contributed by atoms with Crippen molar-refractivity contribution in [2.24, 2.45) is 5.41 Å². The van der Waals surface area contributed by atoms with Gasteiger partial charge in [-0.25, -0.2) is 0 Å². The molecule has 0 bridgehead atoms. The van der Waals surface area contributed by atoms with Gasteiger partial charge in [0.15, 0.2) is 0 Å². The average molecular weight is 212 g/mol. The second kappa shape index (κ2) is 3.93. The van der Waals surface area contributed by atoms with Crippen LogP contribution in [0.4, 0.5) is 0 Å². The Morgan fingerprint density at radius 2 is 1.87 bits per heavy atom. The maximum absolute atomic E-state index is 11.9. The molecule has 2 amide bonds. The van der Waals surface area contributed by atoms with Crippen LogP contribution in [0.1, 0.15) is 27.2 Å². The molecule has 0 unspecified atom stereocenters. The molecule has 1 heterocycles. The summed E-state index contributed by atoms with van der Waals surface area (Å²) in [6.45, 7) is 6.58. The van der Waals surface area contributed by atoms with Gasteiger partial charge in [0, 0.05) is 6.54 Å². The van der Waals surface area contributed by atoms with Crippen molar-refractivity contribution in [1.29, 1.82) is 0 Å². The lowest BCUT2D eigenvalue weighted by molar-refractivity contribution is -0.140. The molecular formula is C11H20N2O2. The Labute approximate surface area is 91.2 Å². The van der Waals surface area contributed by atoms with Gasteiger partial charge in [0.05, 0.1) is 12.5 Å². The summed E-state index contributed by atoms with van der Waals surface area (Å²) in [4.78, 5) is 26.8. The summed E-state index contributed by atoms with van der Waals surface area (Å²) in [7, 11) is 3.66. The normalized spacial score (nSPS) is 23.1. The summed E-state index contributed by atoms with van der Waals surface area (Å²) in [5.41, 5.74) is -0.0352. The van der Waals surface area contributed by atoms with E-state index in [1.165, 1.54) is 4.90 Å². The van der Waals surface area contributed by atoms with Gasteiger partial charge < -0.3 is 0 Å². The highest BCUT2D eigenvalue weighted by atomic mass is 16.2. The predicted octanol–water partition coefficient (Wildman–Crippen LogP) is 0.722. The topological polar surface area (TPSA) is 40.6 Å². The molecule has 1 atom stereocenters. The van der Waals surface area contributed by atoms with Crippen LogP contribution < -0.4 is 0 Å². The molecule has 0 saturated carbocycles. The van der Waals surface area contributed by atoms with E-state index in [4.69, 9.17) is 0 Å². The number of carbonyl (C=O) groups excluding carboxylic acids is 2. The lowest BCUT2D eigenvalue weighted by Crippen LogP contribution is -2.41. The highest BCUT2D eigenvalue weighted by Gasteiger charge is 2.40. The third-order valence-corrected chi connectivity index (χ3v) is 2.48. The van der Waals surface area contributed by atoms with Crippen LogP contribution in [0.5, 0.6) is 0 Å². The van der Waals surface area contributed by atoms with Crippen molar-refractivity contribution in [2.45, 2.75) is 33.2 Å². The minimum absolute atomic E-state index is 0.0352. The van der Waals surface area contributed by atoms with Gasteiger partial charge in [-0.3, -0.25) is 19.4 Å². The number of rotatable bonds is 2. The maximum Gasteiger partial charge on any atom is 0.247 e. The molecule has 15 heavy (non-hydrogen) atoms. The van der Waals surface area contributed by atoms with Gasteiger partial charge >= 0.3 is 0 Å². The van der Waals surface area contributed by atoms with Crippen LogP contribution in [0.2, 0.25) is 0 Å². The van der Waals surface area contributed by atoms with Crippen molar-refractivity contribution < 1.29 is 9.59 Å². The quantitative estimate of drug-likeness (QED) is 0.633. The molecule has 86 valence electrons. The van der Waals surface area contributed by atoms with Crippen LogP contribution in [-0.2, 0) is 9.59 Å². The van der Waals surface area contributed by atoms with E-state index >= 15 is 0 Å². The zero-order valence-electron chi connectivity index (χ0n) is 10.2. The Balaban J connectivity index is 2.76. The monoisotopic (exact) mass is 212 g/mol. The summed E-state index contributed by atoms with van der Waals surface area (Å²) >= 11 is 0. The second-order valence-corrected chi connectivity index (χ2v) is 5.56. The van der Waals surface area contributed by atoms with E-state index < -0.39 is 0 Å². The molecule has 1 saturated heterocycles.